The summed E-state index contributed by atoms with van der Waals surface area (Å²) >= 11 is 13.3. The quantitative estimate of drug-likeness (QED) is 0.736. The van der Waals surface area contributed by atoms with Crippen molar-refractivity contribution in [1.82, 2.24) is 5.32 Å². The van der Waals surface area contributed by atoms with Crippen molar-refractivity contribution in [2.24, 2.45) is 5.73 Å². The number of rotatable bonds is 3. The number of benzene rings is 1. The number of nitrogens with one attached hydrogen (secondary N) is 2. The highest BCUT2D eigenvalue weighted by Crippen LogP contribution is 2.39. The summed E-state index contributed by atoms with van der Waals surface area (Å²) in [7, 11) is 0. The number of aryl methyl sites for hydroxylation is 1. The molecule has 0 unspecified atom stereocenters. The zero-order chi connectivity index (χ0) is 18.1. The molecule has 3 rings (SSSR count). The fraction of sp³-hybridized carbons (Fsp3) is 0.188. The van der Waals surface area contributed by atoms with Crippen LogP contribution in [0.3, 0.4) is 0 Å². The predicted molar refractivity (Wildman–Crippen MR) is 97.8 cm³/mol. The van der Waals surface area contributed by atoms with Crippen LogP contribution in [0.4, 0.5) is 9.80 Å². The molecule has 0 spiro atoms. The van der Waals surface area contributed by atoms with E-state index in [9.17, 15) is 14.4 Å². The van der Waals surface area contributed by atoms with Gasteiger partial charge in [0.1, 0.15) is 5.00 Å². The first-order valence-electron chi connectivity index (χ1n) is 7.38. The molecule has 1 heterocycles. The van der Waals surface area contributed by atoms with Crippen LogP contribution in [-0.4, -0.2) is 17.8 Å². The van der Waals surface area contributed by atoms with Crippen LogP contribution in [0.5, 0.6) is 0 Å². The van der Waals surface area contributed by atoms with Gasteiger partial charge in [-0.1, -0.05) is 23.2 Å². The second kappa shape index (κ2) is 7.03. The molecule has 0 saturated heterocycles. The van der Waals surface area contributed by atoms with E-state index >= 15 is 0 Å². The van der Waals surface area contributed by atoms with Gasteiger partial charge in [0.25, 0.3) is 11.8 Å². The Kier molecular flexibility index (Phi) is 4.99. The van der Waals surface area contributed by atoms with Crippen LogP contribution in [0.1, 0.15) is 37.6 Å². The van der Waals surface area contributed by atoms with Crippen LogP contribution in [0.2, 0.25) is 10.0 Å². The predicted octanol–water partition coefficient (Wildman–Crippen LogP) is 3.60. The van der Waals surface area contributed by atoms with Gasteiger partial charge in [-0.05, 0) is 43.0 Å². The van der Waals surface area contributed by atoms with E-state index in [0.29, 0.717) is 16.4 Å². The molecule has 4 N–H and O–H groups in total. The zero-order valence-corrected chi connectivity index (χ0v) is 15.1. The number of imide groups is 1. The number of thiophene rings is 1. The third-order valence-electron chi connectivity index (χ3n) is 3.79. The van der Waals surface area contributed by atoms with Crippen LogP contribution in [0, 0.1) is 0 Å². The minimum absolute atomic E-state index is 0.198. The highest BCUT2D eigenvalue weighted by Gasteiger charge is 2.28. The van der Waals surface area contributed by atoms with Crippen LogP contribution >= 0.6 is 34.5 Å². The first kappa shape index (κ1) is 17.7. The first-order chi connectivity index (χ1) is 11.9. The topological polar surface area (TPSA) is 101 Å². The van der Waals surface area contributed by atoms with Gasteiger partial charge >= 0.3 is 6.03 Å². The second-order valence-electron chi connectivity index (χ2n) is 5.46. The van der Waals surface area contributed by atoms with Crippen molar-refractivity contribution in [1.29, 1.82) is 0 Å². The van der Waals surface area contributed by atoms with E-state index in [1.165, 1.54) is 23.5 Å². The van der Waals surface area contributed by atoms with Crippen molar-refractivity contribution in [3.05, 3.63) is 49.8 Å². The highest BCUT2D eigenvalue weighted by molar-refractivity contribution is 7.17. The van der Waals surface area contributed by atoms with Gasteiger partial charge in [0.05, 0.1) is 16.1 Å². The van der Waals surface area contributed by atoms with Crippen molar-refractivity contribution in [3.63, 3.8) is 0 Å². The molecule has 0 radical (unpaired) electrons. The lowest BCUT2D eigenvalue weighted by atomic mass is 10.1. The standard InChI is InChI=1S/C16H13Cl2N3O3S/c17-7-4-5-10(18)9(6-7)13(22)20-15-12(14(23)21-16(19)24)8-2-1-3-11(8)25-15/h4-6H,1-3H2,(H,20,22)(H3,19,21,23,24). The minimum Gasteiger partial charge on any atom is -0.351 e. The number of nitrogens with two attached hydrogens (primary N) is 1. The molecule has 1 aromatic carbocycles. The average molecular weight is 398 g/mol. The number of carbonyl (C=O) groups is 3. The van der Waals surface area contributed by atoms with Gasteiger partial charge in [-0.3, -0.25) is 14.9 Å². The molecule has 1 aliphatic carbocycles. The van der Waals surface area contributed by atoms with E-state index in [1.807, 2.05) is 0 Å². The summed E-state index contributed by atoms with van der Waals surface area (Å²) in [6.07, 6.45) is 2.46. The number of hydrogen-bond donors (Lipinski definition) is 3. The van der Waals surface area contributed by atoms with Gasteiger partial charge in [0.15, 0.2) is 0 Å². The molecular weight excluding hydrogens is 385 g/mol. The number of primary amides is 1. The van der Waals surface area contributed by atoms with Gasteiger partial charge in [0.2, 0.25) is 0 Å². The Labute approximate surface area is 157 Å². The van der Waals surface area contributed by atoms with Crippen molar-refractivity contribution >= 4 is 57.4 Å². The summed E-state index contributed by atoms with van der Waals surface area (Å²) in [5, 5.41) is 5.74. The lowest BCUT2D eigenvalue weighted by Crippen LogP contribution is -2.35. The molecule has 0 atom stereocenters. The van der Waals surface area contributed by atoms with E-state index in [0.717, 1.165) is 23.3 Å². The van der Waals surface area contributed by atoms with Gasteiger partial charge < -0.3 is 11.1 Å². The summed E-state index contributed by atoms with van der Waals surface area (Å²) in [6.45, 7) is 0. The van der Waals surface area contributed by atoms with Gasteiger partial charge in [0, 0.05) is 9.90 Å². The molecule has 1 aliphatic rings. The molecule has 2 aromatic rings. The molecule has 0 fully saturated rings. The normalized spacial score (nSPS) is 12.6. The average Bonchev–Trinajstić information content (AvgIpc) is 3.09. The lowest BCUT2D eigenvalue weighted by Gasteiger charge is -2.09. The number of carbonyl (C=O) groups excluding carboxylic acids is 3. The zero-order valence-electron chi connectivity index (χ0n) is 12.8. The maximum Gasteiger partial charge on any atom is 0.319 e. The molecule has 130 valence electrons. The van der Waals surface area contributed by atoms with E-state index in [4.69, 9.17) is 28.9 Å². The Hall–Kier alpha value is -2.09. The maximum atomic E-state index is 12.5. The van der Waals surface area contributed by atoms with Crippen LogP contribution in [0.15, 0.2) is 18.2 Å². The smallest absolute Gasteiger partial charge is 0.319 e. The van der Waals surface area contributed by atoms with Gasteiger partial charge in [-0.25, -0.2) is 4.79 Å². The largest absolute Gasteiger partial charge is 0.351 e. The van der Waals surface area contributed by atoms with Crippen molar-refractivity contribution in [2.75, 3.05) is 5.32 Å². The highest BCUT2D eigenvalue weighted by atomic mass is 35.5. The Balaban J connectivity index is 1.95. The van der Waals surface area contributed by atoms with Crippen LogP contribution in [0.25, 0.3) is 0 Å². The van der Waals surface area contributed by atoms with Crippen molar-refractivity contribution in [2.45, 2.75) is 19.3 Å². The van der Waals surface area contributed by atoms with Crippen molar-refractivity contribution < 1.29 is 14.4 Å². The van der Waals surface area contributed by atoms with Gasteiger partial charge in [-0.2, -0.15) is 0 Å². The second-order valence-corrected chi connectivity index (χ2v) is 7.41. The third-order valence-corrected chi connectivity index (χ3v) is 5.56. The monoisotopic (exact) mass is 397 g/mol. The van der Waals surface area contributed by atoms with E-state index in [-0.39, 0.29) is 16.1 Å². The summed E-state index contributed by atoms with van der Waals surface area (Å²) in [4.78, 5) is 36.9. The molecule has 9 heteroatoms. The number of fused-ring (bicyclic) bond motifs is 1. The lowest BCUT2D eigenvalue weighted by molar-refractivity contribution is 0.0966. The van der Waals surface area contributed by atoms with E-state index < -0.39 is 17.8 Å². The molecule has 1 aromatic heterocycles. The molecule has 6 nitrogen and oxygen atoms in total. The fourth-order valence-electron chi connectivity index (χ4n) is 2.75. The summed E-state index contributed by atoms with van der Waals surface area (Å²) in [5.74, 6) is -1.11. The van der Waals surface area contributed by atoms with Gasteiger partial charge in [-0.15, -0.1) is 11.3 Å². The number of hydrogen-bond acceptors (Lipinski definition) is 4. The number of halogens is 2. The Morgan fingerprint density at radius 1 is 1.12 bits per heavy atom. The summed E-state index contributed by atoms with van der Waals surface area (Å²) < 4.78 is 0. The first-order valence-corrected chi connectivity index (χ1v) is 8.95. The van der Waals surface area contributed by atoms with E-state index in [2.05, 4.69) is 10.6 Å². The van der Waals surface area contributed by atoms with Crippen LogP contribution < -0.4 is 16.4 Å². The third kappa shape index (κ3) is 3.63. The number of urea groups is 1. The van der Waals surface area contributed by atoms with Crippen molar-refractivity contribution in [3.8, 4) is 0 Å². The SMILES string of the molecule is NC(=O)NC(=O)c1c(NC(=O)c2cc(Cl)ccc2Cl)sc2c1CCC2. The fourth-order valence-corrected chi connectivity index (χ4v) is 4.41. The summed E-state index contributed by atoms with van der Waals surface area (Å²) in [5.41, 5.74) is 6.36. The number of amides is 4. The summed E-state index contributed by atoms with van der Waals surface area (Å²) in [6, 6.07) is 3.60. The molecule has 0 aliphatic heterocycles. The Bertz CT molecular complexity index is 895. The molecule has 0 saturated carbocycles. The number of anilines is 1. The molecular formula is C16H13Cl2N3O3S. The van der Waals surface area contributed by atoms with Crippen LogP contribution in [-0.2, 0) is 12.8 Å². The molecule has 0 bridgehead atoms. The maximum absolute atomic E-state index is 12.5. The Morgan fingerprint density at radius 3 is 2.60 bits per heavy atom. The molecule has 25 heavy (non-hydrogen) atoms. The minimum atomic E-state index is -0.946. The Morgan fingerprint density at radius 2 is 1.88 bits per heavy atom. The molecule has 4 amide bonds. The van der Waals surface area contributed by atoms with E-state index in [1.54, 1.807) is 6.07 Å².